The van der Waals surface area contributed by atoms with Crippen molar-refractivity contribution in [3.8, 4) is 0 Å². The second-order valence-electron chi connectivity index (χ2n) is 3.09. The van der Waals surface area contributed by atoms with E-state index >= 15 is 0 Å². The van der Waals surface area contributed by atoms with Crippen molar-refractivity contribution in [1.29, 1.82) is 0 Å². The summed E-state index contributed by atoms with van der Waals surface area (Å²) in [4.78, 5) is 18.3. The van der Waals surface area contributed by atoms with Crippen LogP contribution in [0.2, 0.25) is 0 Å². The molecular weight excluding hydrogens is 152 g/mol. The SMILES string of the molecule is O=Cc1nccc(C2CCC2)n1. The highest BCUT2D eigenvalue weighted by molar-refractivity contribution is 5.68. The molecule has 0 amide bonds. The summed E-state index contributed by atoms with van der Waals surface area (Å²) in [7, 11) is 0. The largest absolute Gasteiger partial charge is 0.294 e. The molecule has 0 radical (unpaired) electrons. The first-order valence-electron chi connectivity index (χ1n) is 4.18. The number of hydrogen-bond acceptors (Lipinski definition) is 3. The van der Waals surface area contributed by atoms with Crippen molar-refractivity contribution in [3.63, 3.8) is 0 Å². The van der Waals surface area contributed by atoms with E-state index in [0.29, 0.717) is 18.0 Å². The first kappa shape index (κ1) is 7.40. The molecule has 0 N–H and O–H groups in total. The van der Waals surface area contributed by atoms with Crippen molar-refractivity contribution in [2.24, 2.45) is 0 Å². The first-order chi connectivity index (χ1) is 5.90. The monoisotopic (exact) mass is 162 g/mol. The highest BCUT2D eigenvalue weighted by Gasteiger charge is 2.20. The van der Waals surface area contributed by atoms with Crippen LogP contribution in [-0.2, 0) is 0 Å². The van der Waals surface area contributed by atoms with Crippen LogP contribution >= 0.6 is 0 Å². The van der Waals surface area contributed by atoms with Gasteiger partial charge < -0.3 is 0 Å². The molecule has 0 unspecified atom stereocenters. The van der Waals surface area contributed by atoms with Gasteiger partial charge in [-0.25, -0.2) is 9.97 Å². The molecule has 1 heterocycles. The number of hydrogen-bond donors (Lipinski definition) is 0. The van der Waals surface area contributed by atoms with Crippen molar-refractivity contribution in [3.05, 3.63) is 23.8 Å². The van der Waals surface area contributed by atoms with Gasteiger partial charge in [-0.15, -0.1) is 0 Å². The number of carbonyl (C=O) groups is 1. The molecule has 1 aromatic heterocycles. The Bertz CT molecular complexity index is 294. The lowest BCUT2D eigenvalue weighted by Crippen LogP contribution is -2.11. The quantitative estimate of drug-likeness (QED) is 0.620. The molecule has 0 spiro atoms. The highest BCUT2D eigenvalue weighted by Crippen LogP contribution is 2.34. The molecule has 1 aliphatic carbocycles. The van der Waals surface area contributed by atoms with E-state index in [1.165, 1.54) is 19.3 Å². The molecule has 12 heavy (non-hydrogen) atoms. The van der Waals surface area contributed by atoms with Gasteiger partial charge in [0.05, 0.1) is 0 Å². The minimum atomic E-state index is 0.305. The van der Waals surface area contributed by atoms with Gasteiger partial charge in [0.15, 0.2) is 12.1 Å². The maximum atomic E-state index is 10.4. The predicted octanol–water partition coefficient (Wildman–Crippen LogP) is 1.56. The lowest BCUT2D eigenvalue weighted by Gasteiger charge is -2.24. The van der Waals surface area contributed by atoms with Gasteiger partial charge >= 0.3 is 0 Å². The van der Waals surface area contributed by atoms with Crippen LogP contribution in [0.15, 0.2) is 12.3 Å². The van der Waals surface area contributed by atoms with Crippen LogP contribution in [-0.4, -0.2) is 16.3 Å². The van der Waals surface area contributed by atoms with Crippen LogP contribution < -0.4 is 0 Å². The highest BCUT2D eigenvalue weighted by atomic mass is 16.1. The van der Waals surface area contributed by atoms with E-state index in [0.717, 1.165) is 5.69 Å². The van der Waals surface area contributed by atoms with Crippen LogP contribution in [0.4, 0.5) is 0 Å². The Morgan fingerprint density at radius 1 is 1.50 bits per heavy atom. The van der Waals surface area contributed by atoms with Gasteiger partial charge in [-0.1, -0.05) is 6.42 Å². The smallest absolute Gasteiger partial charge is 0.192 e. The van der Waals surface area contributed by atoms with E-state index in [2.05, 4.69) is 9.97 Å². The fourth-order valence-electron chi connectivity index (χ4n) is 1.38. The molecule has 0 aliphatic heterocycles. The van der Waals surface area contributed by atoms with Gasteiger partial charge in [-0.2, -0.15) is 0 Å². The van der Waals surface area contributed by atoms with Gasteiger partial charge in [0.2, 0.25) is 0 Å². The summed E-state index contributed by atoms with van der Waals surface area (Å²) < 4.78 is 0. The molecule has 3 nitrogen and oxygen atoms in total. The van der Waals surface area contributed by atoms with Crippen LogP contribution in [0.1, 0.15) is 41.5 Å². The second kappa shape index (κ2) is 3.01. The summed E-state index contributed by atoms with van der Waals surface area (Å²) in [6, 6.07) is 1.90. The molecule has 0 saturated heterocycles. The van der Waals surface area contributed by atoms with E-state index in [4.69, 9.17) is 0 Å². The van der Waals surface area contributed by atoms with Crippen molar-refractivity contribution in [1.82, 2.24) is 9.97 Å². The molecule has 1 fully saturated rings. The normalized spacial score (nSPS) is 17.0. The molecule has 0 bridgehead atoms. The molecule has 1 saturated carbocycles. The Labute approximate surface area is 70.9 Å². The van der Waals surface area contributed by atoms with Crippen molar-refractivity contribution in [2.75, 3.05) is 0 Å². The average molecular weight is 162 g/mol. The third-order valence-electron chi connectivity index (χ3n) is 2.32. The zero-order chi connectivity index (χ0) is 8.39. The maximum Gasteiger partial charge on any atom is 0.192 e. The van der Waals surface area contributed by atoms with Crippen LogP contribution in [0.25, 0.3) is 0 Å². The van der Waals surface area contributed by atoms with E-state index in [1.54, 1.807) is 6.20 Å². The number of rotatable bonds is 2. The molecule has 1 aliphatic rings. The van der Waals surface area contributed by atoms with Crippen molar-refractivity contribution in [2.45, 2.75) is 25.2 Å². The van der Waals surface area contributed by atoms with E-state index < -0.39 is 0 Å². The molecule has 3 heteroatoms. The Kier molecular flexibility index (Phi) is 1.86. The van der Waals surface area contributed by atoms with E-state index in [9.17, 15) is 4.79 Å². The number of aromatic nitrogens is 2. The zero-order valence-corrected chi connectivity index (χ0v) is 6.73. The third kappa shape index (κ3) is 1.22. The standard InChI is InChI=1S/C9H10N2O/c12-6-9-10-5-4-8(11-9)7-2-1-3-7/h4-7H,1-3H2. The Balaban J connectivity index is 2.25. The summed E-state index contributed by atoms with van der Waals surface area (Å²) in [6.07, 6.45) is 6.04. The Morgan fingerprint density at radius 2 is 2.33 bits per heavy atom. The Hall–Kier alpha value is -1.25. The van der Waals surface area contributed by atoms with Crippen LogP contribution in [0, 0.1) is 0 Å². The van der Waals surface area contributed by atoms with Crippen LogP contribution in [0.3, 0.4) is 0 Å². The average Bonchev–Trinajstić information content (AvgIpc) is 2.02. The minimum Gasteiger partial charge on any atom is -0.294 e. The Morgan fingerprint density at radius 3 is 2.92 bits per heavy atom. The van der Waals surface area contributed by atoms with Gasteiger partial charge in [0, 0.05) is 17.8 Å². The lowest BCUT2D eigenvalue weighted by atomic mass is 9.83. The summed E-state index contributed by atoms with van der Waals surface area (Å²) in [6.45, 7) is 0. The van der Waals surface area contributed by atoms with Gasteiger partial charge in [0.25, 0.3) is 0 Å². The zero-order valence-electron chi connectivity index (χ0n) is 6.73. The van der Waals surface area contributed by atoms with Crippen molar-refractivity contribution >= 4 is 6.29 Å². The van der Waals surface area contributed by atoms with Crippen molar-refractivity contribution < 1.29 is 4.79 Å². The summed E-state index contributed by atoms with van der Waals surface area (Å²) in [5, 5.41) is 0. The maximum absolute atomic E-state index is 10.4. The molecule has 0 atom stereocenters. The van der Waals surface area contributed by atoms with Gasteiger partial charge in [-0.3, -0.25) is 4.79 Å². The molecule has 1 aromatic rings. The summed E-state index contributed by atoms with van der Waals surface area (Å²) in [5.74, 6) is 0.881. The third-order valence-corrected chi connectivity index (χ3v) is 2.32. The first-order valence-corrected chi connectivity index (χ1v) is 4.18. The molecule has 0 aromatic carbocycles. The van der Waals surface area contributed by atoms with Crippen LogP contribution in [0.5, 0.6) is 0 Å². The molecule has 2 rings (SSSR count). The summed E-state index contributed by atoms with van der Waals surface area (Å²) >= 11 is 0. The number of carbonyl (C=O) groups excluding carboxylic acids is 1. The molecular formula is C9H10N2O. The number of nitrogens with zero attached hydrogens (tertiary/aromatic N) is 2. The fraction of sp³-hybridized carbons (Fsp3) is 0.444. The van der Waals surface area contributed by atoms with E-state index in [-0.39, 0.29) is 0 Å². The topological polar surface area (TPSA) is 42.9 Å². The summed E-state index contributed by atoms with van der Waals surface area (Å²) in [5.41, 5.74) is 1.03. The van der Waals surface area contributed by atoms with E-state index in [1.807, 2.05) is 6.07 Å². The number of aldehydes is 1. The second-order valence-corrected chi connectivity index (χ2v) is 3.09. The van der Waals surface area contributed by atoms with Gasteiger partial charge in [-0.05, 0) is 18.9 Å². The minimum absolute atomic E-state index is 0.305. The molecule has 62 valence electrons. The lowest BCUT2D eigenvalue weighted by molar-refractivity contribution is 0.111. The van der Waals surface area contributed by atoms with Gasteiger partial charge in [0.1, 0.15) is 0 Å². The predicted molar refractivity (Wildman–Crippen MR) is 44.0 cm³/mol. The fourth-order valence-corrected chi connectivity index (χ4v) is 1.38.